The lowest BCUT2D eigenvalue weighted by atomic mass is 9.97. The molecule has 4 rings (SSSR count). The van der Waals surface area contributed by atoms with Gasteiger partial charge in [-0.25, -0.2) is 14.6 Å². The zero-order valence-corrected chi connectivity index (χ0v) is 16.2. The van der Waals surface area contributed by atoms with E-state index >= 15 is 0 Å². The number of nitrogens with zero attached hydrogens (tertiary/aromatic N) is 4. The lowest BCUT2D eigenvalue weighted by Gasteiger charge is -2.41. The van der Waals surface area contributed by atoms with Crippen LogP contribution < -0.4 is 4.90 Å². The molecule has 0 unspecified atom stereocenters. The van der Waals surface area contributed by atoms with E-state index in [9.17, 15) is 9.59 Å². The van der Waals surface area contributed by atoms with Gasteiger partial charge in [0.1, 0.15) is 5.82 Å². The molecule has 8 nitrogen and oxygen atoms in total. The number of carbonyl (C=O) groups is 2. The number of hydrogen-bond donors (Lipinski definition) is 0. The number of aromatic nitrogens is 3. The van der Waals surface area contributed by atoms with Crippen LogP contribution in [0.3, 0.4) is 0 Å². The number of rotatable bonds is 7. The molecule has 0 bridgehead atoms. The van der Waals surface area contributed by atoms with E-state index in [-0.39, 0.29) is 6.61 Å². The average Bonchev–Trinajstić information content (AvgIpc) is 3.33. The van der Waals surface area contributed by atoms with Crippen LogP contribution in [0.1, 0.15) is 53.1 Å². The van der Waals surface area contributed by atoms with Gasteiger partial charge >= 0.3 is 11.9 Å². The number of ether oxygens (including phenoxy) is 2. The summed E-state index contributed by atoms with van der Waals surface area (Å²) in [5.41, 5.74) is 1.87. The molecule has 3 heterocycles. The maximum Gasteiger partial charge on any atom is 0.357 e. The minimum atomic E-state index is -0.446. The number of anilines is 1. The maximum atomic E-state index is 12.5. The fraction of sp³-hybridized carbons (Fsp3) is 0.500. The molecule has 2 fully saturated rings. The summed E-state index contributed by atoms with van der Waals surface area (Å²) in [4.78, 5) is 31.1. The molecule has 0 radical (unpaired) electrons. The van der Waals surface area contributed by atoms with E-state index < -0.39 is 11.9 Å². The molecule has 2 aromatic heterocycles. The number of pyridine rings is 1. The summed E-state index contributed by atoms with van der Waals surface area (Å²) in [6.45, 7) is 6.43. The molecule has 2 aromatic rings. The second-order valence-electron chi connectivity index (χ2n) is 7.40. The normalized spacial score (nSPS) is 16.6. The maximum absolute atomic E-state index is 12.5. The quantitative estimate of drug-likeness (QED) is 0.677. The van der Waals surface area contributed by atoms with Crippen LogP contribution in [-0.4, -0.2) is 53.0 Å². The highest BCUT2D eigenvalue weighted by atomic mass is 16.5. The third-order valence-electron chi connectivity index (χ3n) is 5.24. The van der Waals surface area contributed by atoms with Crippen LogP contribution in [-0.2, 0) is 16.0 Å². The molecule has 2 aliphatic rings. The van der Waals surface area contributed by atoms with Gasteiger partial charge in [0.25, 0.3) is 0 Å². The highest BCUT2D eigenvalue weighted by Crippen LogP contribution is 2.53. The smallest absolute Gasteiger partial charge is 0.357 e. The molecule has 0 aromatic carbocycles. The van der Waals surface area contributed by atoms with Crippen molar-refractivity contribution in [2.45, 2.75) is 33.2 Å². The summed E-state index contributed by atoms with van der Waals surface area (Å²) < 4.78 is 11.8. The van der Waals surface area contributed by atoms with Gasteiger partial charge in [-0.3, -0.25) is 4.68 Å². The lowest BCUT2D eigenvalue weighted by Crippen LogP contribution is -2.49. The van der Waals surface area contributed by atoms with Gasteiger partial charge in [0.2, 0.25) is 0 Å². The van der Waals surface area contributed by atoms with Gasteiger partial charge in [0.15, 0.2) is 5.69 Å². The first kappa shape index (κ1) is 18.5. The van der Waals surface area contributed by atoms with Crippen molar-refractivity contribution < 1.29 is 19.1 Å². The molecule has 8 heteroatoms. The molecule has 1 aliphatic heterocycles. The van der Waals surface area contributed by atoms with Crippen molar-refractivity contribution in [3.05, 3.63) is 41.3 Å². The van der Waals surface area contributed by atoms with Crippen LogP contribution in [0.5, 0.6) is 0 Å². The minimum Gasteiger partial charge on any atom is -0.462 e. The standard InChI is InChI=1S/C20H24N4O4/c1-3-27-18(25)15-9-21-24(11-15)10-14-5-6-16(22-17(14)19(26)28-4-2)23-12-20(13-23)7-8-20/h5-6,9,11H,3-4,7-8,10,12-13H2,1-2H3. The Labute approximate surface area is 163 Å². The Morgan fingerprint density at radius 1 is 1.11 bits per heavy atom. The molecule has 1 saturated carbocycles. The fourth-order valence-electron chi connectivity index (χ4n) is 3.52. The highest BCUT2D eigenvalue weighted by molar-refractivity contribution is 5.90. The summed E-state index contributed by atoms with van der Waals surface area (Å²) in [7, 11) is 0. The van der Waals surface area contributed by atoms with Gasteiger partial charge in [0, 0.05) is 30.3 Å². The predicted molar refractivity (Wildman–Crippen MR) is 101 cm³/mol. The largest absolute Gasteiger partial charge is 0.462 e. The van der Waals surface area contributed by atoms with Crippen LogP contribution >= 0.6 is 0 Å². The van der Waals surface area contributed by atoms with Crippen LogP contribution in [0.4, 0.5) is 5.82 Å². The van der Waals surface area contributed by atoms with Crippen LogP contribution in [0.2, 0.25) is 0 Å². The van der Waals surface area contributed by atoms with E-state index in [1.54, 1.807) is 24.7 Å². The molecule has 1 spiro atoms. The van der Waals surface area contributed by atoms with Crippen molar-refractivity contribution in [2.75, 3.05) is 31.2 Å². The Morgan fingerprint density at radius 2 is 1.82 bits per heavy atom. The van der Waals surface area contributed by atoms with E-state index in [1.807, 2.05) is 12.1 Å². The van der Waals surface area contributed by atoms with E-state index in [2.05, 4.69) is 15.0 Å². The van der Waals surface area contributed by atoms with Crippen molar-refractivity contribution in [3.63, 3.8) is 0 Å². The summed E-state index contributed by atoms with van der Waals surface area (Å²) in [5.74, 6) is -0.0598. The second-order valence-corrected chi connectivity index (χ2v) is 7.40. The molecule has 0 N–H and O–H groups in total. The van der Waals surface area contributed by atoms with Gasteiger partial charge in [-0.2, -0.15) is 5.10 Å². The monoisotopic (exact) mass is 384 g/mol. The molecular weight excluding hydrogens is 360 g/mol. The van der Waals surface area contributed by atoms with Crippen LogP contribution in [0.25, 0.3) is 0 Å². The van der Waals surface area contributed by atoms with Crippen LogP contribution in [0, 0.1) is 5.41 Å². The minimum absolute atomic E-state index is 0.284. The van der Waals surface area contributed by atoms with E-state index in [1.165, 1.54) is 19.0 Å². The van der Waals surface area contributed by atoms with Gasteiger partial charge < -0.3 is 14.4 Å². The Hall–Kier alpha value is -2.90. The summed E-state index contributed by atoms with van der Waals surface area (Å²) in [6, 6.07) is 3.82. The van der Waals surface area contributed by atoms with Crippen molar-refractivity contribution in [2.24, 2.45) is 5.41 Å². The zero-order chi connectivity index (χ0) is 19.7. The van der Waals surface area contributed by atoms with Crippen molar-refractivity contribution in [3.8, 4) is 0 Å². The summed E-state index contributed by atoms with van der Waals surface area (Å²) in [6.07, 6.45) is 5.63. The van der Waals surface area contributed by atoms with Gasteiger partial charge in [-0.05, 0) is 32.8 Å². The first-order chi connectivity index (χ1) is 13.5. The Bertz CT molecular complexity index is 895. The van der Waals surface area contributed by atoms with Crippen molar-refractivity contribution >= 4 is 17.8 Å². The first-order valence-corrected chi connectivity index (χ1v) is 9.65. The molecule has 1 aliphatic carbocycles. The topological polar surface area (TPSA) is 86.5 Å². The summed E-state index contributed by atoms with van der Waals surface area (Å²) >= 11 is 0. The van der Waals surface area contributed by atoms with Crippen LogP contribution in [0.15, 0.2) is 24.5 Å². The first-order valence-electron chi connectivity index (χ1n) is 9.65. The number of esters is 2. The highest BCUT2D eigenvalue weighted by Gasteiger charge is 2.52. The molecule has 148 valence electrons. The summed E-state index contributed by atoms with van der Waals surface area (Å²) in [5, 5.41) is 4.20. The molecule has 1 saturated heterocycles. The Morgan fingerprint density at radius 3 is 2.50 bits per heavy atom. The van der Waals surface area contributed by atoms with E-state index in [0.717, 1.165) is 18.9 Å². The molecule has 0 atom stereocenters. The third-order valence-corrected chi connectivity index (χ3v) is 5.24. The third kappa shape index (κ3) is 3.58. The molecule has 28 heavy (non-hydrogen) atoms. The van der Waals surface area contributed by atoms with Crippen molar-refractivity contribution in [1.82, 2.24) is 14.8 Å². The molecule has 0 amide bonds. The zero-order valence-electron chi connectivity index (χ0n) is 16.2. The Kier molecular flexibility index (Phi) is 4.78. The van der Waals surface area contributed by atoms with Gasteiger partial charge in [-0.15, -0.1) is 0 Å². The van der Waals surface area contributed by atoms with Crippen molar-refractivity contribution in [1.29, 1.82) is 0 Å². The van der Waals surface area contributed by atoms with E-state index in [0.29, 0.717) is 35.4 Å². The predicted octanol–water partition coefficient (Wildman–Crippen LogP) is 2.28. The number of carbonyl (C=O) groups excluding carboxylic acids is 2. The lowest BCUT2D eigenvalue weighted by molar-refractivity contribution is 0.0511. The van der Waals surface area contributed by atoms with Gasteiger partial charge in [0.05, 0.1) is 31.5 Å². The molecular formula is C20H24N4O4. The van der Waals surface area contributed by atoms with Gasteiger partial charge in [-0.1, -0.05) is 6.07 Å². The second kappa shape index (κ2) is 7.26. The fourth-order valence-corrected chi connectivity index (χ4v) is 3.52. The number of hydrogen-bond acceptors (Lipinski definition) is 7. The Balaban J connectivity index is 1.55. The average molecular weight is 384 g/mol. The SMILES string of the molecule is CCOC(=O)c1cnn(Cc2ccc(N3CC4(CC4)C3)nc2C(=O)OCC)c1. The van der Waals surface area contributed by atoms with E-state index in [4.69, 9.17) is 9.47 Å².